The maximum absolute atomic E-state index is 14.1. The summed E-state index contributed by atoms with van der Waals surface area (Å²) in [5.41, 5.74) is 12.6. The number of benzene rings is 2. The van der Waals surface area contributed by atoms with E-state index in [0.29, 0.717) is 17.5 Å². The molecule has 25 heteroatoms. The molecule has 25 nitrogen and oxygen atoms in total. The molecule has 2 aromatic rings. The Morgan fingerprint density at radius 3 is 1.33 bits per heavy atom. The number of carbonyl (C=O) groups is 11. The van der Waals surface area contributed by atoms with Gasteiger partial charge in [0.1, 0.15) is 54.1 Å². The van der Waals surface area contributed by atoms with Crippen LogP contribution in [0.25, 0.3) is 0 Å². The molecule has 10 amide bonds. The molecule has 2 aromatic carbocycles. The average Bonchev–Trinajstić information content (AvgIpc) is 3.37. The van der Waals surface area contributed by atoms with Crippen LogP contribution in [0.15, 0.2) is 54.6 Å². The number of hydrogen-bond donors (Lipinski definition) is 14. The van der Waals surface area contributed by atoms with Gasteiger partial charge >= 0.3 is 5.97 Å². The third-order valence-electron chi connectivity index (χ3n) is 12.8. The number of nitrogens with one attached hydrogen (secondary N) is 9. The predicted molar refractivity (Wildman–Crippen MR) is 304 cm³/mol. The summed E-state index contributed by atoms with van der Waals surface area (Å²) in [6.45, 7) is 18.1. The number of aliphatic carboxylic acids is 1. The number of carboxylic acid groups (broad SMARTS) is 1. The van der Waals surface area contributed by atoms with E-state index in [0.717, 1.165) is 0 Å². The van der Waals surface area contributed by atoms with Gasteiger partial charge in [-0.3, -0.25) is 47.9 Å². The molecule has 0 bridgehead atoms. The highest BCUT2D eigenvalue weighted by atomic mass is 16.4. The number of aliphatic hydroxyl groups excluding tert-OH is 1. The van der Waals surface area contributed by atoms with E-state index < -0.39 is 144 Å². The lowest BCUT2D eigenvalue weighted by Crippen LogP contribution is -2.61. The van der Waals surface area contributed by atoms with E-state index >= 15 is 0 Å². The summed E-state index contributed by atoms with van der Waals surface area (Å²) in [6.07, 6.45) is -2.02. The van der Waals surface area contributed by atoms with Crippen molar-refractivity contribution in [3.8, 4) is 5.75 Å². The lowest BCUT2D eigenvalue weighted by molar-refractivity contribution is -0.143. The molecule has 0 aromatic heterocycles. The van der Waals surface area contributed by atoms with Crippen LogP contribution in [0.3, 0.4) is 0 Å². The van der Waals surface area contributed by atoms with Crippen molar-refractivity contribution >= 4 is 65.0 Å². The number of nitrogens with two attached hydrogens (primary N) is 2. The van der Waals surface area contributed by atoms with Crippen molar-refractivity contribution in [3.63, 3.8) is 0 Å². The number of amides is 10. The fraction of sp³-hybridized carbons (Fsp3) is 0.596. The van der Waals surface area contributed by atoms with Gasteiger partial charge in [-0.15, -0.1) is 0 Å². The van der Waals surface area contributed by atoms with Crippen LogP contribution < -0.4 is 59.3 Å². The SMILES string of the molecule is CC(C)C[C@H](NC(=O)[C@H](CC(N)=O)NC(=O)[C@H](CC(C)C)NC(=O)[C@H](CC(C)C)NC(=O)[C@@H](NC(=O)CNC(=O)[C@H](Cc1ccccc1)NC(=O)[C@@H](NC(=O)[C@H](Cc1ccc(O)cc1)NC(=O)[C@@H](N)CC(C)C)[C@@H](C)O)C(C)C)C(=O)O. The maximum atomic E-state index is 14.1. The molecular formula is C57H89N11O14. The van der Waals surface area contributed by atoms with Crippen LogP contribution in [0.1, 0.15) is 119 Å². The van der Waals surface area contributed by atoms with Crippen molar-refractivity contribution in [1.29, 1.82) is 0 Å². The molecule has 0 aliphatic rings. The van der Waals surface area contributed by atoms with Gasteiger partial charge in [0.25, 0.3) is 0 Å². The van der Waals surface area contributed by atoms with Gasteiger partial charge in [-0.1, -0.05) is 112 Å². The van der Waals surface area contributed by atoms with Crippen molar-refractivity contribution < 1.29 is 68.1 Å². The highest BCUT2D eigenvalue weighted by Crippen LogP contribution is 2.15. The van der Waals surface area contributed by atoms with Gasteiger partial charge in [0.2, 0.25) is 59.1 Å². The molecule has 0 heterocycles. The van der Waals surface area contributed by atoms with Crippen LogP contribution in [0.2, 0.25) is 0 Å². The third kappa shape index (κ3) is 25.8. The number of aromatic hydroxyl groups is 1. The molecule has 0 aliphatic heterocycles. The Morgan fingerprint density at radius 2 is 0.854 bits per heavy atom. The second-order valence-corrected chi connectivity index (χ2v) is 22.8. The Bertz CT molecular complexity index is 2470. The fourth-order valence-corrected chi connectivity index (χ4v) is 8.59. The summed E-state index contributed by atoms with van der Waals surface area (Å²) in [5, 5.41) is 53.2. The molecule has 0 spiro atoms. The zero-order valence-electron chi connectivity index (χ0n) is 49.0. The molecular weight excluding hydrogens is 1060 g/mol. The van der Waals surface area contributed by atoms with Gasteiger partial charge in [-0.25, -0.2) is 4.79 Å². The molecule has 0 aliphatic carbocycles. The van der Waals surface area contributed by atoms with Gasteiger partial charge in [0.15, 0.2) is 0 Å². The standard InChI is InChI=1S/C57H89N11O14/c1-29(2)21-38(58)49(73)61-42(26-36-17-19-37(70)20-18-36)54(78)68-48(34(11)69)56(80)65-41(25-35-15-13-12-14-16-35)50(74)60-28-46(72)67-47(33(9)10)55(79)64-40(23-31(5)6)52(76)62-39(22-30(3)4)51(75)63-43(27-45(59)71)53(77)66-44(57(81)82)24-32(7)8/h12-20,29-34,38-44,47-48,69-70H,21-28,58H2,1-11H3,(H2,59,71)(H,60,74)(H,61,73)(H,62,76)(H,63,75)(H,64,79)(H,65,80)(H,66,77)(H,67,72)(H,68,78)(H,81,82)/t34-,38+,39+,40+,41+,42+,43+,44+,47+,48+/m1/s1. The summed E-state index contributed by atoms with van der Waals surface area (Å²) >= 11 is 0. The van der Waals surface area contributed by atoms with Crippen LogP contribution in [-0.2, 0) is 65.6 Å². The van der Waals surface area contributed by atoms with Crippen LogP contribution >= 0.6 is 0 Å². The van der Waals surface area contributed by atoms with E-state index in [1.54, 1.807) is 85.7 Å². The smallest absolute Gasteiger partial charge is 0.326 e. The number of hydrogen-bond acceptors (Lipinski definition) is 14. The molecule has 0 saturated carbocycles. The van der Waals surface area contributed by atoms with Gasteiger partial charge in [-0.05, 0) is 85.5 Å². The van der Waals surface area contributed by atoms with E-state index in [-0.39, 0.29) is 61.5 Å². The summed E-state index contributed by atoms with van der Waals surface area (Å²) in [7, 11) is 0. The molecule has 2 rings (SSSR count). The zero-order chi connectivity index (χ0) is 62.1. The van der Waals surface area contributed by atoms with Crippen molar-refractivity contribution in [3.05, 3.63) is 65.7 Å². The van der Waals surface area contributed by atoms with E-state index in [1.165, 1.54) is 31.2 Å². The normalized spacial score (nSPS) is 15.0. The Balaban J connectivity index is 2.32. The first-order valence-corrected chi connectivity index (χ1v) is 27.7. The van der Waals surface area contributed by atoms with Crippen LogP contribution in [-0.4, -0.2) is 147 Å². The van der Waals surface area contributed by atoms with E-state index in [2.05, 4.69) is 47.9 Å². The Morgan fingerprint density at radius 1 is 0.451 bits per heavy atom. The topological polar surface area (TPSA) is 409 Å². The molecule has 0 fully saturated rings. The number of carbonyl (C=O) groups excluding carboxylic acids is 10. The van der Waals surface area contributed by atoms with E-state index in [9.17, 15) is 68.1 Å². The van der Waals surface area contributed by atoms with Gasteiger partial charge < -0.3 is 74.6 Å². The first kappa shape index (κ1) is 70.4. The minimum absolute atomic E-state index is 0.0267. The average molecular weight is 1150 g/mol. The zero-order valence-corrected chi connectivity index (χ0v) is 49.0. The summed E-state index contributed by atoms with van der Waals surface area (Å²) in [5.74, 6) is -11.1. The summed E-state index contributed by atoms with van der Waals surface area (Å²) in [4.78, 5) is 148. The largest absolute Gasteiger partial charge is 0.508 e. The lowest BCUT2D eigenvalue weighted by Gasteiger charge is -2.29. The van der Waals surface area contributed by atoms with Gasteiger partial charge in [-0.2, -0.15) is 0 Å². The number of primary amides is 1. The Hall–Kier alpha value is -7.67. The van der Waals surface area contributed by atoms with Crippen LogP contribution in [0, 0.1) is 29.6 Å². The monoisotopic (exact) mass is 1150 g/mol. The first-order valence-electron chi connectivity index (χ1n) is 27.7. The number of carboxylic acids is 1. The summed E-state index contributed by atoms with van der Waals surface area (Å²) < 4.78 is 0. The first-order chi connectivity index (χ1) is 38.3. The molecule has 0 radical (unpaired) electrons. The lowest BCUT2D eigenvalue weighted by atomic mass is 9.98. The molecule has 0 saturated heterocycles. The highest BCUT2D eigenvalue weighted by molar-refractivity contribution is 5.99. The molecule has 456 valence electrons. The molecule has 10 atom stereocenters. The Kier molecular flexibility index (Phi) is 29.7. The number of aliphatic hydroxyl groups is 1. The highest BCUT2D eigenvalue weighted by Gasteiger charge is 2.36. The van der Waals surface area contributed by atoms with E-state index in [4.69, 9.17) is 11.5 Å². The number of rotatable bonds is 35. The maximum Gasteiger partial charge on any atom is 0.326 e. The number of phenols is 1. The van der Waals surface area contributed by atoms with Gasteiger partial charge in [0.05, 0.1) is 25.1 Å². The second-order valence-electron chi connectivity index (χ2n) is 22.8. The minimum atomic E-state index is -1.68. The minimum Gasteiger partial charge on any atom is -0.508 e. The van der Waals surface area contributed by atoms with Crippen LogP contribution in [0.4, 0.5) is 0 Å². The van der Waals surface area contributed by atoms with Crippen molar-refractivity contribution in [1.82, 2.24) is 47.9 Å². The van der Waals surface area contributed by atoms with Crippen LogP contribution in [0.5, 0.6) is 5.75 Å². The van der Waals surface area contributed by atoms with Crippen molar-refractivity contribution in [2.45, 2.75) is 182 Å². The summed E-state index contributed by atoms with van der Waals surface area (Å²) in [6, 6.07) is 2.17. The molecule has 16 N–H and O–H groups in total. The molecule has 0 unspecified atom stereocenters. The second kappa shape index (κ2) is 34.6. The Labute approximate surface area is 480 Å². The predicted octanol–water partition coefficient (Wildman–Crippen LogP) is -0.320. The third-order valence-corrected chi connectivity index (χ3v) is 12.8. The molecule has 82 heavy (non-hydrogen) atoms. The fourth-order valence-electron chi connectivity index (χ4n) is 8.59. The van der Waals surface area contributed by atoms with E-state index in [1.807, 2.05) is 13.8 Å². The quantitative estimate of drug-likeness (QED) is 0.0421. The number of phenolic OH excluding ortho intramolecular Hbond substituents is 1. The van der Waals surface area contributed by atoms with Crippen molar-refractivity contribution in [2.75, 3.05) is 6.54 Å². The van der Waals surface area contributed by atoms with Crippen molar-refractivity contribution in [2.24, 2.45) is 41.1 Å². The van der Waals surface area contributed by atoms with Gasteiger partial charge in [0, 0.05) is 12.8 Å².